The van der Waals surface area contributed by atoms with Gasteiger partial charge in [0.15, 0.2) is 5.96 Å². The molecule has 0 aromatic carbocycles. The largest absolute Gasteiger partial charge is 0.383 e. The van der Waals surface area contributed by atoms with Gasteiger partial charge in [-0.1, -0.05) is 11.6 Å². The van der Waals surface area contributed by atoms with E-state index in [1.54, 1.807) is 18.4 Å². The molecule has 1 aromatic heterocycles. The molecule has 2 rings (SSSR count). The van der Waals surface area contributed by atoms with Crippen molar-refractivity contribution < 1.29 is 4.74 Å². The average molecular weight is 501 g/mol. The van der Waals surface area contributed by atoms with Crippen molar-refractivity contribution >= 4 is 52.9 Å². The van der Waals surface area contributed by atoms with E-state index in [0.717, 1.165) is 49.6 Å². The molecule has 144 valence electrons. The lowest BCUT2D eigenvalue weighted by atomic mass is 9.97. The monoisotopic (exact) mass is 500 g/mol. The molecule has 1 N–H and O–H groups in total. The van der Waals surface area contributed by atoms with Gasteiger partial charge < -0.3 is 19.9 Å². The van der Waals surface area contributed by atoms with Gasteiger partial charge in [0, 0.05) is 39.2 Å². The molecule has 25 heavy (non-hydrogen) atoms. The Kier molecular flexibility index (Phi) is 11.3. The number of ether oxygens (including phenoxy) is 1. The Morgan fingerprint density at radius 3 is 2.72 bits per heavy atom. The fraction of sp³-hybridized carbons (Fsp3) is 0.706. The highest BCUT2D eigenvalue weighted by atomic mass is 127. The predicted octanol–water partition coefficient (Wildman–Crippen LogP) is 3.39. The second-order valence-corrected chi connectivity index (χ2v) is 8.07. The van der Waals surface area contributed by atoms with Gasteiger partial charge in [-0.3, -0.25) is 4.99 Å². The summed E-state index contributed by atoms with van der Waals surface area (Å²) < 4.78 is 5.99. The molecule has 0 unspecified atom stereocenters. The van der Waals surface area contributed by atoms with Crippen LogP contribution >= 0.6 is 46.9 Å². The standard InChI is InChI=1S/C17H29ClN4OS.HI/c1-19-17(21(2)13-15-4-5-16(18)24-15)20-12-14-6-8-22(9-7-14)10-11-23-3;/h4-5,14H,6-13H2,1-3H3,(H,19,20);1H. The normalized spacial score (nSPS) is 16.6. The lowest BCUT2D eigenvalue weighted by Gasteiger charge is -2.32. The van der Waals surface area contributed by atoms with Gasteiger partial charge in [0.25, 0.3) is 0 Å². The van der Waals surface area contributed by atoms with E-state index in [1.807, 2.05) is 13.1 Å². The van der Waals surface area contributed by atoms with Crippen molar-refractivity contribution in [3.05, 3.63) is 21.3 Å². The van der Waals surface area contributed by atoms with E-state index in [0.29, 0.717) is 5.92 Å². The number of aliphatic imine (C=N–C) groups is 1. The molecule has 1 fully saturated rings. The molecule has 0 spiro atoms. The number of guanidine groups is 1. The molecule has 2 heterocycles. The molecular weight excluding hydrogens is 471 g/mol. The first-order chi connectivity index (χ1) is 11.6. The third-order valence-electron chi connectivity index (χ3n) is 4.46. The van der Waals surface area contributed by atoms with Gasteiger partial charge in [0.05, 0.1) is 17.5 Å². The third kappa shape index (κ3) is 7.99. The Morgan fingerprint density at radius 2 is 2.16 bits per heavy atom. The summed E-state index contributed by atoms with van der Waals surface area (Å²) in [4.78, 5) is 10.3. The minimum Gasteiger partial charge on any atom is -0.383 e. The lowest BCUT2D eigenvalue weighted by Crippen LogP contribution is -2.43. The molecule has 0 aliphatic carbocycles. The second kappa shape index (κ2) is 12.3. The maximum Gasteiger partial charge on any atom is 0.193 e. The number of nitrogens with zero attached hydrogens (tertiary/aromatic N) is 3. The number of hydrogen-bond acceptors (Lipinski definition) is 4. The predicted molar refractivity (Wildman–Crippen MR) is 119 cm³/mol. The Morgan fingerprint density at radius 1 is 1.44 bits per heavy atom. The summed E-state index contributed by atoms with van der Waals surface area (Å²) in [6.45, 7) is 6.01. The van der Waals surface area contributed by atoms with Gasteiger partial charge in [0.2, 0.25) is 0 Å². The van der Waals surface area contributed by atoms with Gasteiger partial charge in [-0.2, -0.15) is 0 Å². The van der Waals surface area contributed by atoms with Crippen LogP contribution in [-0.2, 0) is 11.3 Å². The number of rotatable bonds is 7. The minimum absolute atomic E-state index is 0. The molecule has 1 aromatic rings. The van der Waals surface area contributed by atoms with E-state index in [2.05, 4.69) is 33.2 Å². The summed E-state index contributed by atoms with van der Waals surface area (Å²) in [7, 11) is 5.67. The smallest absolute Gasteiger partial charge is 0.193 e. The van der Waals surface area contributed by atoms with E-state index < -0.39 is 0 Å². The number of halogens is 2. The van der Waals surface area contributed by atoms with Crippen LogP contribution in [0.2, 0.25) is 4.34 Å². The van der Waals surface area contributed by atoms with Crippen molar-refractivity contribution in [3.63, 3.8) is 0 Å². The zero-order valence-electron chi connectivity index (χ0n) is 15.3. The Balaban J connectivity index is 0.00000312. The maximum absolute atomic E-state index is 6.01. The van der Waals surface area contributed by atoms with Crippen LogP contribution in [0.25, 0.3) is 0 Å². The van der Waals surface area contributed by atoms with Gasteiger partial charge in [0.1, 0.15) is 0 Å². The average Bonchev–Trinajstić information content (AvgIpc) is 2.99. The third-order valence-corrected chi connectivity index (χ3v) is 5.68. The van der Waals surface area contributed by atoms with Crippen LogP contribution in [0.4, 0.5) is 0 Å². The topological polar surface area (TPSA) is 40.1 Å². The number of hydrogen-bond donors (Lipinski definition) is 1. The number of likely N-dealkylation sites (tertiary alicyclic amines) is 1. The summed E-state index contributed by atoms with van der Waals surface area (Å²) in [5.41, 5.74) is 0. The number of methoxy groups -OCH3 is 1. The molecule has 0 radical (unpaired) electrons. The molecule has 1 saturated heterocycles. The molecule has 1 aliphatic rings. The van der Waals surface area contributed by atoms with Gasteiger partial charge in [-0.25, -0.2) is 0 Å². The SMILES string of the molecule is CN=C(NCC1CCN(CCOC)CC1)N(C)Cc1ccc(Cl)s1.I. The quantitative estimate of drug-likeness (QED) is 0.354. The van der Waals surface area contributed by atoms with Crippen molar-refractivity contribution in [2.45, 2.75) is 19.4 Å². The molecular formula is C17H30ClIN4OS. The summed E-state index contributed by atoms with van der Waals surface area (Å²) in [5.74, 6) is 1.66. The Labute approximate surface area is 177 Å². The van der Waals surface area contributed by atoms with Crippen molar-refractivity contribution in [3.8, 4) is 0 Å². The van der Waals surface area contributed by atoms with Crippen LogP contribution in [0.15, 0.2) is 17.1 Å². The van der Waals surface area contributed by atoms with E-state index in [9.17, 15) is 0 Å². The second-order valence-electron chi connectivity index (χ2n) is 6.27. The molecule has 0 atom stereocenters. The summed E-state index contributed by atoms with van der Waals surface area (Å²) >= 11 is 7.63. The highest BCUT2D eigenvalue weighted by Crippen LogP contribution is 2.22. The molecule has 0 saturated carbocycles. The van der Waals surface area contributed by atoms with E-state index >= 15 is 0 Å². The van der Waals surface area contributed by atoms with Crippen molar-refractivity contribution in [1.82, 2.24) is 15.1 Å². The summed E-state index contributed by atoms with van der Waals surface area (Å²) in [5, 5.41) is 3.53. The minimum atomic E-state index is 0. The van der Waals surface area contributed by atoms with E-state index in [-0.39, 0.29) is 24.0 Å². The summed E-state index contributed by atoms with van der Waals surface area (Å²) in [6.07, 6.45) is 2.47. The first kappa shape index (κ1) is 23.0. The fourth-order valence-corrected chi connectivity index (χ4v) is 4.14. The molecule has 0 bridgehead atoms. The van der Waals surface area contributed by atoms with Gasteiger partial charge in [-0.05, 0) is 44.0 Å². The lowest BCUT2D eigenvalue weighted by molar-refractivity contribution is 0.120. The molecule has 0 amide bonds. The summed E-state index contributed by atoms with van der Waals surface area (Å²) in [6, 6.07) is 4.02. The Hall–Kier alpha value is -0.0900. The zero-order valence-corrected chi connectivity index (χ0v) is 19.2. The number of piperidine rings is 1. The molecule has 8 heteroatoms. The van der Waals surface area contributed by atoms with Crippen molar-refractivity contribution in [2.75, 3.05) is 54.0 Å². The first-order valence-corrected chi connectivity index (χ1v) is 9.69. The zero-order chi connectivity index (χ0) is 17.4. The molecule has 1 aliphatic heterocycles. The van der Waals surface area contributed by atoms with Crippen LogP contribution in [0.3, 0.4) is 0 Å². The van der Waals surface area contributed by atoms with Gasteiger partial charge >= 0.3 is 0 Å². The number of nitrogens with one attached hydrogen (secondary N) is 1. The number of thiophene rings is 1. The fourth-order valence-electron chi connectivity index (χ4n) is 3.00. The highest BCUT2D eigenvalue weighted by molar-refractivity contribution is 14.0. The van der Waals surface area contributed by atoms with Crippen LogP contribution in [0, 0.1) is 5.92 Å². The van der Waals surface area contributed by atoms with E-state index in [1.165, 1.54) is 17.7 Å². The van der Waals surface area contributed by atoms with Crippen molar-refractivity contribution in [2.24, 2.45) is 10.9 Å². The van der Waals surface area contributed by atoms with Gasteiger partial charge in [-0.15, -0.1) is 35.3 Å². The Bertz CT molecular complexity index is 521. The van der Waals surface area contributed by atoms with Crippen LogP contribution in [0.5, 0.6) is 0 Å². The van der Waals surface area contributed by atoms with Crippen LogP contribution < -0.4 is 5.32 Å². The van der Waals surface area contributed by atoms with Crippen LogP contribution in [0.1, 0.15) is 17.7 Å². The van der Waals surface area contributed by atoms with E-state index in [4.69, 9.17) is 16.3 Å². The van der Waals surface area contributed by atoms with Crippen molar-refractivity contribution in [1.29, 1.82) is 0 Å². The highest BCUT2D eigenvalue weighted by Gasteiger charge is 2.19. The van der Waals surface area contributed by atoms with Crippen LogP contribution in [-0.4, -0.2) is 69.8 Å². The maximum atomic E-state index is 6.01. The molecule has 5 nitrogen and oxygen atoms in total. The first-order valence-electron chi connectivity index (χ1n) is 8.49.